The van der Waals surface area contributed by atoms with Gasteiger partial charge in [-0.15, -0.1) is 0 Å². The van der Waals surface area contributed by atoms with Gasteiger partial charge in [-0.3, -0.25) is 0 Å². The second kappa shape index (κ2) is 7.02. The van der Waals surface area contributed by atoms with Gasteiger partial charge in [0, 0.05) is 26.0 Å². The van der Waals surface area contributed by atoms with Crippen LogP contribution in [0.25, 0.3) is 0 Å². The molecule has 0 fully saturated rings. The lowest BCUT2D eigenvalue weighted by molar-refractivity contribution is 0.448. The molecule has 0 aliphatic carbocycles. The van der Waals surface area contributed by atoms with Crippen LogP contribution in [0.1, 0.15) is 30.4 Å². The van der Waals surface area contributed by atoms with Crippen LogP contribution >= 0.6 is 63.7 Å². The highest BCUT2D eigenvalue weighted by molar-refractivity contribution is 9.13. The molecule has 112 valence electrons. The fraction of sp³-hybridized carbons (Fsp3) is 0.200. The molecular weight excluding hydrogens is 532 g/mol. The molecule has 0 bridgehead atoms. The number of hydrogen-bond donors (Lipinski definition) is 2. The quantitative estimate of drug-likeness (QED) is 0.453. The summed E-state index contributed by atoms with van der Waals surface area (Å²) >= 11 is 13.5. The van der Waals surface area contributed by atoms with Gasteiger partial charge in [0.05, 0.1) is 8.95 Å². The van der Waals surface area contributed by atoms with Crippen LogP contribution in [0.15, 0.2) is 42.2 Å². The van der Waals surface area contributed by atoms with E-state index in [-0.39, 0.29) is 17.4 Å². The van der Waals surface area contributed by atoms with Gasteiger partial charge in [-0.1, -0.05) is 19.1 Å². The van der Waals surface area contributed by atoms with Crippen molar-refractivity contribution in [2.24, 2.45) is 0 Å². The first-order chi connectivity index (χ1) is 9.88. The van der Waals surface area contributed by atoms with E-state index < -0.39 is 0 Å². The summed E-state index contributed by atoms with van der Waals surface area (Å²) < 4.78 is 2.82. The lowest BCUT2D eigenvalue weighted by Gasteiger charge is -2.20. The van der Waals surface area contributed by atoms with Crippen molar-refractivity contribution in [1.29, 1.82) is 0 Å². The molecule has 6 heteroatoms. The minimum atomic E-state index is -0.0983. The van der Waals surface area contributed by atoms with Crippen molar-refractivity contribution in [2.45, 2.75) is 19.3 Å². The molecule has 0 amide bonds. The van der Waals surface area contributed by atoms with Crippen molar-refractivity contribution in [3.63, 3.8) is 0 Å². The summed E-state index contributed by atoms with van der Waals surface area (Å²) in [5.74, 6) is 0.281. The van der Waals surface area contributed by atoms with E-state index in [1.54, 1.807) is 0 Å². The van der Waals surface area contributed by atoms with Gasteiger partial charge >= 0.3 is 0 Å². The maximum absolute atomic E-state index is 10.4. The number of benzene rings is 2. The summed E-state index contributed by atoms with van der Waals surface area (Å²) in [7, 11) is 0. The third kappa shape index (κ3) is 3.33. The van der Waals surface area contributed by atoms with E-state index >= 15 is 0 Å². The molecule has 0 spiro atoms. The lowest BCUT2D eigenvalue weighted by atomic mass is 9.88. The first kappa shape index (κ1) is 17.3. The maximum atomic E-state index is 10.4. The number of phenols is 2. The molecule has 0 heterocycles. The maximum Gasteiger partial charge on any atom is 0.134 e. The van der Waals surface area contributed by atoms with Crippen molar-refractivity contribution in [2.75, 3.05) is 0 Å². The van der Waals surface area contributed by atoms with Gasteiger partial charge in [-0.25, -0.2) is 0 Å². The van der Waals surface area contributed by atoms with Gasteiger partial charge in [0.15, 0.2) is 0 Å². The highest BCUT2D eigenvalue weighted by Crippen LogP contribution is 2.45. The van der Waals surface area contributed by atoms with Gasteiger partial charge in [0.25, 0.3) is 0 Å². The minimum Gasteiger partial charge on any atom is -0.506 e. The van der Waals surface area contributed by atoms with Crippen LogP contribution in [0.4, 0.5) is 0 Å². The number of hydrogen-bond acceptors (Lipinski definition) is 2. The van der Waals surface area contributed by atoms with Crippen LogP contribution in [0.2, 0.25) is 0 Å². The average Bonchev–Trinajstić information content (AvgIpc) is 2.47. The Balaban J connectivity index is 2.61. The molecule has 21 heavy (non-hydrogen) atoms. The normalized spacial score (nSPS) is 11.1. The Labute approximate surface area is 157 Å². The number of rotatable bonds is 3. The molecule has 0 atom stereocenters. The Kier molecular flexibility index (Phi) is 5.79. The van der Waals surface area contributed by atoms with Crippen LogP contribution < -0.4 is 0 Å². The fourth-order valence-electron chi connectivity index (χ4n) is 2.28. The number of halogens is 4. The fourth-order valence-corrected chi connectivity index (χ4v) is 3.64. The first-order valence-electron chi connectivity index (χ1n) is 6.22. The van der Waals surface area contributed by atoms with Crippen molar-refractivity contribution in [1.82, 2.24) is 0 Å². The molecule has 2 rings (SSSR count). The average molecular weight is 544 g/mol. The zero-order valence-electron chi connectivity index (χ0n) is 11.0. The number of aromatic hydroxyl groups is 2. The molecule has 0 saturated carbocycles. The Morgan fingerprint density at radius 3 is 1.52 bits per heavy atom. The smallest absolute Gasteiger partial charge is 0.134 e. The Bertz CT molecular complexity index is 628. The third-order valence-electron chi connectivity index (χ3n) is 3.36. The summed E-state index contributed by atoms with van der Waals surface area (Å²) in [6.45, 7) is 2.02. The van der Waals surface area contributed by atoms with E-state index in [1.165, 1.54) is 0 Å². The van der Waals surface area contributed by atoms with Crippen LogP contribution in [-0.4, -0.2) is 10.2 Å². The third-order valence-corrected chi connectivity index (χ3v) is 7.35. The van der Waals surface area contributed by atoms with Crippen LogP contribution in [-0.2, 0) is 0 Å². The predicted octanol–water partition coefficient (Wildman–Crippen LogP) is 6.69. The Hall–Kier alpha value is -0.0400. The molecule has 0 aliphatic rings. The van der Waals surface area contributed by atoms with E-state index in [0.717, 1.165) is 26.5 Å². The molecule has 0 aliphatic heterocycles. The second-order valence-corrected chi connectivity index (χ2v) is 7.85. The second-order valence-electron chi connectivity index (χ2n) is 4.56. The molecule has 2 N–H and O–H groups in total. The van der Waals surface area contributed by atoms with Crippen molar-refractivity contribution < 1.29 is 10.2 Å². The van der Waals surface area contributed by atoms with E-state index in [2.05, 4.69) is 63.7 Å². The van der Waals surface area contributed by atoms with Crippen molar-refractivity contribution in [3.8, 4) is 11.5 Å². The van der Waals surface area contributed by atoms with Gasteiger partial charge in [0.1, 0.15) is 11.5 Å². The van der Waals surface area contributed by atoms with Gasteiger partial charge in [-0.2, -0.15) is 0 Å². The molecule has 2 aromatic carbocycles. The van der Waals surface area contributed by atoms with Crippen LogP contribution in [0.5, 0.6) is 11.5 Å². The Morgan fingerprint density at radius 2 is 1.19 bits per heavy atom. The van der Waals surface area contributed by atoms with Gasteiger partial charge in [-0.05, 0) is 82.3 Å². The van der Waals surface area contributed by atoms with E-state index in [1.807, 2.05) is 31.2 Å². The predicted molar refractivity (Wildman–Crippen MR) is 99.1 cm³/mol. The molecule has 0 radical (unpaired) electrons. The molecule has 2 aromatic rings. The zero-order valence-corrected chi connectivity index (χ0v) is 17.3. The van der Waals surface area contributed by atoms with E-state index in [4.69, 9.17) is 0 Å². The highest BCUT2D eigenvalue weighted by atomic mass is 79.9. The van der Waals surface area contributed by atoms with Gasteiger partial charge < -0.3 is 10.2 Å². The van der Waals surface area contributed by atoms with E-state index in [9.17, 15) is 10.2 Å². The Morgan fingerprint density at radius 1 is 0.810 bits per heavy atom. The number of phenolic OH excluding ortho intramolecular Hbond substituents is 2. The van der Waals surface area contributed by atoms with E-state index in [0.29, 0.717) is 8.95 Å². The van der Waals surface area contributed by atoms with Crippen molar-refractivity contribution >= 4 is 63.7 Å². The standard InChI is InChI=1S/C15H12Br4O2/c1-2-7(8-3-5-10(16)12(18)14(8)20)9-4-6-11(17)13(19)15(9)21/h3-7,20-21H,2H2,1H3. The summed E-state index contributed by atoms with van der Waals surface area (Å²) in [4.78, 5) is 0. The summed E-state index contributed by atoms with van der Waals surface area (Å²) in [6, 6.07) is 7.50. The molecule has 2 nitrogen and oxygen atoms in total. The summed E-state index contributed by atoms with van der Waals surface area (Å²) in [5, 5.41) is 20.8. The largest absolute Gasteiger partial charge is 0.506 e. The molecule has 0 saturated heterocycles. The SMILES string of the molecule is CCC(c1ccc(Br)c(Br)c1O)c1ccc(Br)c(Br)c1O. The lowest BCUT2D eigenvalue weighted by Crippen LogP contribution is -2.02. The van der Waals surface area contributed by atoms with Gasteiger partial charge in [0.2, 0.25) is 0 Å². The minimum absolute atomic E-state index is 0.0983. The highest BCUT2D eigenvalue weighted by Gasteiger charge is 2.23. The first-order valence-corrected chi connectivity index (χ1v) is 9.39. The molecule has 0 unspecified atom stereocenters. The monoisotopic (exact) mass is 540 g/mol. The zero-order chi connectivity index (χ0) is 15.7. The molecule has 0 aromatic heterocycles. The molecular formula is C15H12Br4O2. The summed E-state index contributed by atoms with van der Waals surface area (Å²) in [5.41, 5.74) is 1.55. The summed E-state index contributed by atoms with van der Waals surface area (Å²) in [6.07, 6.45) is 0.753. The van der Waals surface area contributed by atoms with Crippen LogP contribution in [0, 0.1) is 0 Å². The van der Waals surface area contributed by atoms with Crippen LogP contribution in [0.3, 0.4) is 0 Å². The van der Waals surface area contributed by atoms with Crippen molar-refractivity contribution in [3.05, 3.63) is 53.3 Å². The topological polar surface area (TPSA) is 40.5 Å².